The Bertz CT molecular complexity index is 147. The van der Waals surface area contributed by atoms with Crippen molar-refractivity contribution in [3.8, 4) is 0 Å². The molecule has 0 radical (unpaired) electrons. The van der Waals surface area contributed by atoms with Gasteiger partial charge in [-0.2, -0.15) is 0 Å². The topological polar surface area (TPSA) is 41.3 Å². The summed E-state index contributed by atoms with van der Waals surface area (Å²) in [6, 6.07) is 1.06. The van der Waals surface area contributed by atoms with E-state index in [9.17, 15) is 0 Å². The van der Waals surface area contributed by atoms with Gasteiger partial charge in [-0.1, -0.05) is 0 Å². The van der Waals surface area contributed by atoms with Gasteiger partial charge in [0.25, 0.3) is 0 Å². The van der Waals surface area contributed by atoms with Gasteiger partial charge >= 0.3 is 0 Å². The van der Waals surface area contributed by atoms with Crippen LogP contribution in [0.25, 0.3) is 0 Å². The van der Waals surface area contributed by atoms with Crippen LogP contribution in [-0.2, 0) is 0 Å². The first-order valence-corrected chi connectivity index (χ1v) is 5.86. The van der Waals surface area contributed by atoms with Crippen LogP contribution in [0.4, 0.5) is 0 Å². The van der Waals surface area contributed by atoms with Crippen molar-refractivity contribution in [2.75, 3.05) is 26.7 Å². The lowest BCUT2D eigenvalue weighted by Gasteiger charge is -2.30. The van der Waals surface area contributed by atoms with Crippen molar-refractivity contribution in [3.05, 3.63) is 0 Å². The van der Waals surface area contributed by atoms with Crippen LogP contribution in [0.5, 0.6) is 0 Å². The summed E-state index contributed by atoms with van der Waals surface area (Å²) in [5.74, 6) is 0. The summed E-state index contributed by atoms with van der Waals surface area (Å²) in [6.07, 6.45) is 5.01. The summed E-state index contributed by atoms with van der Waals surface area (Å²) in [4.78, 5) is 2.41. The van der Waals surface area contributed by atoms with E-state index in [0.717, 1.165) is 13.0 Å². The van der Waals surface area contributed by atoms with Crippen molar-refractivity contribution in [1.29, 1.82) is 0 Å². The first-order chi connectivity index (χ1) is 6.68. The number of nitrogens with one attached hydrogen (secondary N) is 1. The summed E-state index contributed by atoms with van der Waals surface area (Å²) < 4.78 is 0. The van der Waals surface area contributed by atoms with E-state index in [1.165, 1.54) is 32.4 Å². The number of hydrogen-bond acceptors (Lipinski definition) is 3. The first-order valence-electron chi connectivity index (χ1n) is 5.86. The van der Waals surface area contributed by atoms with Crippen LogP contribution in [0, 0.1) is 0 Å². The molecule has 0 saturated carbocycles. The standard InChI is InChI=1S/C11H25N3/c1-10(12)5-3-7-13-11-6-4-8-14(2)9-11/h10-11,13H,3-9,12H2,1-2H3. The van der Waals surface area contributed by atoms with Crippen LogP contribution in [0.1, 0.15) is 32.6 Å². The number of likely N-dealkylation sites (tertiary alicyclic amines) is 1. The zero-order chi connectivity index (χ0) is 10.4. The lowest BCUT2D eigenvalue weighted by atomic mass is 10.1. The number of nitrogens with two attached hydrogens (primary N) is 1. The van der Waals surface area contributed by atoms with Gasteiger partial charge in [-0.3, -0.25) is 0 Å². The van der Waals surface area contributed by atoms with Crippen molar-refractivity contribution >= 4 is 0 Å². The van der Waals surface area contributed by atoms with Gasteiger partial charge < -0.3 is 16.0 Å². The normalized spacial score (nSPS) is 26.4. The summed E-state index contributed by atoms with van der Waals surface area (Å²) in [6.45, 7) is 5.67. The van der Waals surface area contributed by atoms with Crippen LogP contribution >= 0.6 is 0 Å². The summed E-state index contributed by atoms with van der Waals surface area (Å²) in [5.41, 5.74) is 5.70. The highest BCUT2D eigenvalue weighted by molar-refractivity contribution is 4.76. The predicted molar refractivity (Wildman–Crippen MR) is 61.4 cm³/mol. The molecule has 1 fully saturated rings. The predicted octanol–water partition coefficient (Wildman–Crippen LogP) is 0.798. The summed E-state index contributed by atoms with van der Waals surface area (Å²) in [7, 11) is 2.20. The molecule has 3 N–H and O–H groups in total. The van der Waals surface area contributed by atoms with Crippen molar-refractivity contribution in [3.63, 3.8) is 0 Å². The Hall–Kier alpha value is -0.120. The van der Waals surface area contributed by atoms with E-state index < -0.39 is 0 Å². The van der Waals surface area contributed by atoms with Crippen molar-refractivity contribution < 1.29 is 0 Å². The molecule has 3 heteroatoms. The maximum absolute atomic E-state index is 5.70. The minimum Gasteiger partial charge on any atom is -0.328 e. The van der Waals surface area contributed by atoms with E-state index in [1.807, 2.05) is 0 Å². The molecule has 84 valence electrons. The molecule has 1 rings (SSSR count). The summed E-state index contributed by atoms with van der Waals surface area (Å²) in [5, 5.41) is 3.61. The second-order valence-electron chi connectivity index (χ2n) is 4.68. The Labute approximate surface area is 88.0 Å². The zero-order valence-electron chi connectivity index (χ0n) is 9.63. The first kappa shape index (κ1) is 12.0. The molecule has 0 aromatic heterocycles. The van der Waals surface area contributed by atoms with E-state index in [1.54, 1.807) is 0 Å². The molecular weight excluding hydrogens is 174 g/mol. The van der Waals surface area contributed by atoms with Crippen LogP contribution in [0.15, 0.2) is 0 Å². The Balaban J connectivity index is 2.00. The van der Waals surface area contributed by atoms with E-state index in [2.05, 4.69) is 24.2 Å². The van der Waals surface area contributed by atoms with E-state index in [0.29, 0.717) is 12.1 Å². The summed E-state index contributed by atoms with van der Waals surface area (Å²) >= 11 is 0. The molecule has 0 bridgehead atoms. The smallest absolute Gasteiger partial charge is 0.0195 e. The van der Waals surface area contributed by atoms with Crippen LogP contribution < -0.4 is 11.1 Å². The van der Waals surface area contributed by atoms with E-state index >= 15 is 0 Å². The Morgan fingerprint density at radius 3 is 3.00 bits per heavy atom. The van der Waals surface area contributed by atoms with Gasteiger partial charge in [0.1, 0.15) is 0 Å². The fraction of sp³-hybridized carbons (Fsp3) is 1.00. The van der Waals surface area contributed by atoms with Gasteiger partial charge in [-0.15, -0.1) is 0 Å². The highest BCUT2D eigenvalue weighted by atomic mass is 15.1. The van der Waals surface area contributed by atoms with E-state index in [4.69, 9.17) is 5.73 Å². The monoisotopic (exact) mass is 199 g/mol. The van der Waals surface area contributed by atoms with Crippen LogP contribution in [0.3, 0.4) is 0 Å². The van der Waals surface area contributed by atoms with Crippen molar-refractivity contribution in [1.82, 2.24) is 10.2 Å². The molecule has 0 aromatic rings. The van der Waals surface area contributed by atoms with Crippen molar-refractivity contribution in [2.24, 2.45) is 5.73 Å². The molecule has 1 heterocycles. The molecule has 0 aliphatic carbocycles. The molecule has 1 aliphatic heterocycles. The number of likely N-dealkylation sites (N-methyl/N-ethyl adjacent to an activating group) is 1. The van der Waals surface area contributed by atoms with Crippen molar-refractivity contribution in [2.45, 2.75) is 44.7 Å². The van der Waals surface area contributed by atoms with Gasteiger partial charge in [0.2, 0.25) is 0 Å². The fourth-order valence-corrected chi connectivity index (χ4v) is 2.06. The highest BCUT2D eigenvalue weighted by Gasteiger charge is 2.15. The van der Waals surface area contributed by atoms with Gasteiger partial charge in [-0.05, 0) is 52.7 Å². The SMILES string of the molecule is CC(N)CCCNC1CCCN(C)C1. The Kier molecular flexibility index (Phi) is 5.45. The maximum atomic E-state index is 5.70. The lowest BCUT2D eigenvalue weighted by molar-refractivity contribution is 0.227. The Morgan fingerprint density at radius 2 is 2.36 bits per heavy atom. The zero-order valence-corrected chi connectivity index (χ0v) is 9.63. The molecule has 0 amide bonds. The third kappa shape index (κ3) is 4.94. The maximum Gasteiger partial charge on any atom is 0.0195 e. The molecular formula is C11H25N3. The van der Waals surface area contributed by atoms with E-state index in [-0.39, 0.29) is 0 Å². The minimum absolute atomic E-state index is 0.353. The molecule has 2 atom stereocenters. The second kappa shape index (κ2) is 6.38. The van der Waals surface area contributed by atoms with Gasteiger partial charge in [0.05, 0.1) is 0 Å². The Morgan fingerprint density at radius 1 is 1.57 bits per heavy atom. The van der Waals surface area contributed by atoms with Gasteiger partial charge in [0, 0.05) is 18.6 Å². The average molecular weight is 199 g/mol. The number of hydrogen-bond donors (Lipinski definition) is 2. The second-order valence-corrected chi connectivity index (χ2v) is 4.68. The minimum atomic E-state index is 0.353. The van der Waals surface area contributed by atoms with Crippen LogP contribution in [0.2, 0.25) is 0 Å². The molecule has 2 unspecified atom stereocenters. The number of piperidine rings is 1. The highest BCUT2D eigenvalue weighted by Crippen LogP contribution is 2.07. The third-order valence-electron chi connectivity index (χ3n) is 2.89. The number of rotatable bonds is 5. The average Bonchev–Trinajstić information content (AvgIpc) is 2.12. The van der Waals surface area contributed by atoms with Gasteiger partial charge in [-0.25, -0.2) is 0 Å². The number of nitrogens with zero attached hydrogens (tertiary/aromatic N) is 1. The lowest BCUT2D eigenvalue weighted by Crippen LogP contribution is -2.44. The van der Waals surface area contributed by atoms with Gasteiger partial charge in [0.15, 0.2) is 0 Å². The fourth-order valence-electron chi connectivity index (χ4n) is 2.06. The molecule has 3 nitrogen and oxygen atoms in total. The molecule has 1 aliphatic rings. The third-order valence-corrected chi connectivity index (χ3v) is 2.89. The van der Waals surface area contributed by atoms with Crippen LogP contribution in [-0.4, -0.2) is 43.7 Å². The molecule has 1 saturated heterocycles. The molecule has 0 aromatic carbocycles. The molecule has 0 spiro atoms. The molecule has 14 heavy (non-hydrogen) atoms. The largest absolute Gasteiger partial charge is 0.328 e. The quantitative estimate of drug-likeness (QED) is 0.644.